The molecule has 0 N–H and O–H groups in total. The Morgan fingerprint density at radius 3 is 2.75 bits per heavy atom. The van der Waals surface area contributed by atoms with E-state index in [4.69, 9.17) is 0 Å². The summed E-state index contributed by atoms with van der Waals surface area (Å²) in [7, 11) is -3.44. The van der Waals surface area contributed by atoms with Crippen LogP contribution in [0.25, 0.3) is 10.9 Å². The van der Waals surface area contributed by atoms with Gasteiger partial charge < -0.3 is 0 Å². The largest absolute Gasteiger partial charge is 0.255 e. The van der Waals surface area contributed by atoms with E-state index in [0.29, 0.717) is 23.5 Å². The van der Waals surface area contributed by atoms with Crippen LogP contribution in [-0.4, -0.2) is 42.3 Å². The Bertz CT molecular complexity index is 738. The maximum absolute atomic E-state index is 12.8. The molecule has 1 aliphatic heterocycles. The predicted octanol–water partition coefficient (Wildman–Crippen LogP) is 2.28. The van der Waals surface area contributed by atoms with Gasteiger partial charge >= 0.3 is 0 Å². The zero-order valence-corrected chi connectivity index (χ0v) is 12.9. The molecule has 106 valence electrons. The normalized spacial score (nSPS) is 17.4. The van der Waals surface area contributed by atoms with E-state index in [1.54, 1.807) is 34.4 Å². The second-order valence-corrected chi connectivity index (χ2v) is 7.99. The van der Waals surface area contributed by atoms with Crippen molar-refractivity contribution < 1.29 is 8.42 Å². The van der Waals surface area contributed by atoms with Crippen LogP contribution < -0.4 is 0 Å². The Hall–Kier alpha value is -1.11. The summed E-state index contributed by atoms with van der Waals surface area (Å²) < 4.78 is 27.1. The number of rotatable bonds is 2. The Morgan fingerprint density at radius 1 is 1.25 bits per heavy atom. The maximum Gasteiger partial charge on any atom is 0.245 e. The van der Waals surface area contributed by atoms with E-state index < -0.39 is 10.0 Å². The van der Waals surface area contributed by atoms with E-state index in [2.05, 4.69) is 4.98 Å². The van der Waals surface area contributed by atoms with Crippen LogP contribution in [0, 0.1) is 6.92 Å². The van der Waals surface area contributed by atoms with Crippen LogP contribution in [0.2, 0.25) is 0 Å². The first-order chi connectivity index (χ1) is 9.59. The van der Waals surface area contributed by atoms with Crippen LogP contribution in [0.15, 0.2) is 35.4 Å². The van der Waals surface area contributed by atoms with Crippen molar-refractivity contribution in [3.8, 4) is 0 Å². The minimum Gasteiger partial charge on any atom is -0.255 e. The third-order valence-electron chi connectivity index (χ3n) is 3.40. The summed E-state index contributed by atoms with van der Waals surface area (Å²) in [6.45, 7) is 3.11. The van der Waals surface area contributed by atoms with Crippen LogP contribution in [0.3, 0.4) is 0 Å². The molecule has 1 aromatic heterocycles. The van der Waals surface area contributed by atoms with Gasteiger partial charge in [0.25, 0.3) is 0 Å². The van der Waals surface area contributed by atoms with Gasteiger partial charge in [0.1, 0.15) is 4.90 Å². The van der Waals surface area contributed by atoms with Crippen molar-refractivity contribution in [2.24, 2.45) is 0 Å². The Morgan fingerprint density at radius 2 is 2.00 bits per heavy atom. The minimum atomic E-state index is -3.44. The summed E-state index contributed by atoms with van der Waals surface area (Å²) in [5.41, 5.74) is 1.60. The molecule has 0 amide bonds. The molecule has 0 unspecified atom stereocenters. The monoisotopic (exact) mass is 308 g/mol. The molecule has 0 radical (unpaired) electrons. The van der Waals surface area contributed by atoms with Gasteiger partial charge in [-0.3, -0.25) is 4.98 Å². The molecule has 0 bridgehead atoms. The summed E-state index contributed by atoms with van der Waals surface area (Å²) in [6, 6.07) is 7.31. The summed E-state index contributed by atoms with van der Waals surface area (Å²) in [5.74, 6) is 1.72. The van der Waals surface area contributed by atoms with Crippen molar-refractivity contribution >= 4 is 32.7 Å². The van der Waals surface area contributed by atoms with E-state index in [0.717, 1.165) is 22.5 Å². The van der Waals surface area contributed by atoms with Crippen molar-refractivity contribution in [2.45, 2.75) is 11.8 Å². The highest BCUT2D eigenvalue weighted by Gasteiger charge is 2.28. The van der Waals surface area contributed by atoms with E-state index in [-0.39, 0.29) is 0 Å². The molecule has 2 heterocycles. The minimum absolute atomic E-state index is 0.321. The molecule has 0 aliphatic carbocycles. The molecule has 20 heavy (non-hydrogen) atoms. The highest BCUT2D eigenvalue weighted by molar-refractivity contribution is 7.99. The van der Waals surface area contributed by atoms with Gasteiger partial charge in [-0.1, -0.05) is 12.1 Å². The average molecular weight is 308 g/mol. The molecular formula is C14H16N2O2S2. The number of sulfonamides is 1. The second-order valence-electron chi connectivity index (χ2n) is 4.86. The SMILES string of the molecule is Cc1cnc2c(S(=O)(=O)N3CCSCC3)cccc2c1. The first kappa shape index (κ1) is 13.9. The number of aromatic nitrogens is 1. The van der Waals surface area contributed by atoms with Crippen LogP contribution in [0.4, 0.5) is 0 Å². The lowest BCUT2D eigenvalue weighted by molar-refractivity contribution is 0.444. The van der Waals surface area contributed by atoms with Gasteiger partial charge in [-0.15, -0.1) is 0 Å². The highest BCUT2D eigenvalue weighted by atomic mass is 32.2. The lowest BCUT2D eigenvalue weighted by Gasteiger charge is -2.25. The first-order valence-electron chi connectivity index (χ1n) is 6.52. The molecule has 4 nitrogen and oxygen atoms in total. The van der Waals surface area contributed by atoms with Crippen molar-refractivity contribution in [3.05, 3.63) is 36.0 Å². The van der Waals surface area contributed by atoms with Gasteiger partial charge in [-0.05, 0) is 24.6 Å². The Labute approximate surface area is 123 Å². The zero-order chi connectivity index (χ0) is 14.2. The molecule has 6 heteroatoms. The number of benzene rings is 1. The van der Waals surface area contributed by atoms with E-state index in [1.807, 2.05) is 19.1 Å². The number of nitrogens with zero attached hydrogens (tertiary/aromatic N) is 2. The molecule has 0 spiro atoms. The van der Waals surface area contributed by atoms with Gasteiger partial charge in [0.2, 0.25) is 10.0 Å². The fraction of sp³-hybridized carbons (Fsp3) is 0.357. The molecule has 0 atom stereocenters. The average Bonchev–Trinajstić information content (AvgIpc) is 2.47. The van der Waals surface area contributed by atoms with Gasteiger partial charge in [0.05, 0.1) is 5.52 Å². The number of thioether (sulfide) groups is 1. The Balaban J connectivity index is 2.13. The summed E-state index contributed by atoms with van der Waals surface area (Å²) in [6.07, 6.45) is 1.72. The van der Waals surface area contributed by atoms with E-state index >= 15 is 0 Å². The molecule has 1 aliphatic rings. The number of hydrogen-bond donors (Lipinski definition) is 0. The second kappa shape index (κ2) is 5.35. The summed E-state index contributed by atoms with van der Waals surface area (Å²) in [4.78, 5) is 4.65. The number of para-hydroxylation sites is 1. The molecule has 0 saturated carbocycles. The van der Waals surface area contributed by atoms with Crippen molar-refractivity contribution in [1.29, 1.82) is 0 Å². The van der Waals surface area contributed by atoms with Crippen molar-refractivity contribution in [2.75, 3.05) is 24.6 Å². The number of aryl methyl sites for hydroxylation is 1. The fourth-order valence-corrected chi connectivity index (χ4v) is 5.12. The van der Waals surface area contributed by atoms with Crippen LogP contribution in [-0.2, 0) is 10.0 Å². The molecule has 3 rings (SSSR count). The van der Waals surface area contributed by atoms with Crippen LogP contribution >= 0.6 is 11.8 Å². The van der Waals surface area contributed by atoms with Crippen LogP contribution in [0.5, 0.6) is 0 Å². The predicted molar refractivity (Wildman–Crippen MR) is 82.6 cm³/mol. The molecule has 1 fully saturated rings. The van der Waals surface area contributed by atoms with Gasteiger partial charge in [-0.25, -0.2) is 8.42 Å². The topological polar surface area (TPSA) is 50.3 Å². The summed E-state index contributed by atoms with van der Waals surface area (Å²) >= 11 is 1.79. The van der Waals surface area contributed by atoms with Gasteiger partial charge in [-0.2, -0.15) is 16.1 Å². The third kappa shape index (κ3) is 2.43. The highest BCUT2D eigenvalue weighted by Crippen LogP contribution is 2.26. The molecule has 1 saturated heterocycles. The summed E-state index contributed by atoms with van der Waals surface area (Å²) in [5, 5.41) is 0.873. The number of pyridine rings is 1. The van der Waals surface area contributed by atoms with Gasteiger partial charge in [0.15, 0.2) is 0 Å². The van der Waals surface area contributed by atoms with Crippen molar-refractivity contribution in [3.63, 3.8) is 0 Å². The first-order valence-corrected chi connectivity index (χ1v) is 9.12. The van der Waals surface area contributed by atoms with Crippen LogP contribution in [0.1, 0.15) is 5.56 Å². The lowest BCUT2D eigenvalue weighted by atomic mass is 10.2. The zero-order valence-electron chi connectivity index (χ0n) is 11.2. The standard InChI is InChI=1S/C14H16N2O2S2/c1-11-9-12-3-2-4-13(14(12)15-10-11)20(17,18)16-5-7-19-8-6-16/h2-4,9-10H,5-8H2,1H3. The lowest BCUT2D eigenvalue weighted by Crippen LogP contribution is -2.38. The van der Waals surface area contributed by atoms with Crippen molar-refractivity contribution in [1.82, 2.24) is 9.29 Å². The maximum atomic E-state index is 12.8. The smallest absolute Gasteiger partial charge is 0.245 e. The third-order valence-corrected chi connectivity index (χ3v) is 6.27. The molecule has 1 aromatic carbocycles. The Kier molecular flexibility index (Phi) is 3.70. The molecule has 2 aromatic rings. The van der Waals surface area contributed by atoms with E-state index in [1.165, 1.54) is 0 Å². The number of hydrogen-bond acceptors (Lipinski definition) is 4. The van der Waals surface area contributed by atoms with Gasteiger partial charge in [0, 0.05) is 36.2 Å². The van der Waals surface area contributed by atoms with E-state index in [9.17, 15) is 8.42 Å². The number of fused-ring (bicyclic) bond motifs is 1. The quantitative estimate of drug-likeness (QED) is 0.854. The molecular weight excluding hydrogens is 292 g/mol. The fourth-order valence-electron chi connectivity index (χ4n) is 2.38.